The van der Waals surface area contributed by atoms with Crippen LogP contribution in [-0.2, 0) is 0 Å². The maximum Gasteiger partial charge on any atom is 0.0412 e. The molecule has 2 fully saturated rings. The van der Waals surface area contributed by atoms with Crippen molar-refractivity contribution in [2.75, 3.05) is 18.0 Å². The molecule has 2 atom stereocenters. The molecule has 2 aliphatic rings. The number of nitrogens with zero attached hydrogens (tertiary/aromatic N) is 1. The first-order chi connectivity index (χ1) is 9.12. The predicted molar refractivity (Wildman–Crippen MR) is 89.7 cm³/mol. The Labute approximate surface area is 130 Å². The van der Waals surface area contributed by atoms with Gasteiger partial charge in [-0.2, -0.15) is 0 Å². The van der Waals surface area contributed by atoms with E-state index in [4.69, 9.17) is 0 Å². The minimum Gasteiger partial charge on any atom is -0.365 e. The number of halogens is 1. The first kappa shape index (κ1) is 13.7. The molecule has 1 saturated carbocycles. The van der Waals surface area contributed by atoms with Gasteiger partial charge in [-0.3, -0.25) is 0 Å². The summed E-state index contributed by atoms with van der Waals surface area (Å²) in [6.45, 7) is 6.98. The summed E-state index contributed by atoms with van der Waals surface area (Å²) in [6.07, 6.45) is 4.02. The highest BCUT2D eigenvalue weighted by atomic mass is 127. The minimum absolute atomic E-state index is 0.314. The van der Waals surface area contributed by atoms with Gasteiger partial charge in [0.15, 0.2) is 0 Å². The Morgan fingerprint density at radius 2 is 2.00 bits per heavy atom. The smallest absolute Gasteiger partial charge is 0.0412 e. The summed E-state index contributed by atoms with van der Waals surface area (Å²) in [7, 11) is 0. The summed E-state index contributed by atoms with van der Waals surface area (Å²) in [4.78, 5) is 2.63. The highest BCUT2D eigenvalue weighted by Crippen LogP contribution is 2.42. The molecule has 0 amide bonds. The third-order valence-electron chi connectivity index (χ3n) is 4.79. The van der Waals surface area contributed by atoms with Crippen LogP contribution in [0.5, 0.6) is 0 Å². The number of hydrogen-bond acceptors (Lipinski definition) is 2. The molecule has 1 aromatic carbocycles. The maximum atomic E-state index is 3.83. The predicted octanol–water partition coefficient (Wildman–Crippen LogP) is 3.65. The fraction of sp³-hybridized carbons (Fsp3) is 0.625. The molecular weight excluding hydrogens is 347 g/mol. The van der Waals surface area contributed by atoms with Crippen LogP contribution in [0.15, 0.2) is 24.3 Å². The van der Waals surface area contributed by atoms with E-state index in [0.717, 1.165) is 19.0 Å². The van der Waals surface area contributed by atoms with Crippen molar-refractivity contribution in [3.63, 3.8) is 0 Å². The average molecular weight is 370 g/mol. The number of hydrogen-bond donors (Lipinski definition) is 1. The van der Waals surface area contributed by atoms with Gasteiger partial charge in [0.2, 0.25) is 0 Å². The van der Waals surface area contributed by atoms with E-state index in [2.05, 4.69) is 70.9 Å². The Morgan fingerprint density at radius 3 is 2.58 bits per heavy atom. The standard InChI is InChI=1S/C16H23IN2/c1-3-14-10-18-16(2,12-4-5-12)11-19(14)15-8-6-13(17)7-9-15/h6-9,12,14,18H,3-5,10-11H2,1-2H3. The lowest BCUT2D eigenvalue weighted by Crippen LogP contribution is -2.64. The topological polar surface area (TPSA) is 15.3 Å². The fourth-order valence-corrected chi connectivity index (χ4v) is 3.65. The molecule has 1 aliphatic heterocycles. The molecule has 1 N–H and O–H groups in total. The quantitative estimate of drug-likeness (QED) is 0.818. The monoisotopic (exact) mass is 370 g/mol. The molecule has 0 radical (unpaired) electrons. The first-order valence-corrected chi connectivity index (χ1v) is 8.47. The van der Waals surface area contributed by atoms with E-state index in [1.165, 1.54) is 28.5 Å². The fourth-order valence-electron chi connectivity index (χ4n) is 3.29. The van der Waals surface area contributed by atoms with Gasteiger partial charge in [0.1, 0.15) is 0 Å². The summed E-state index contributed by atoms with van der Waals surface area (Å²) in [5.41, 5.74) is 1.70. The molecule has 104 valence electrons. The van der Waals surface area contributed by atoms with Gasteiger partial charge in [0, 0.05) is 33.9 Å². The third kappa shape index (κ3) is 2.77. The molecule has 3 rings (SSSR count). The zero-order valence-electron chi connectivity index (χ0n) is 11.8. The Balaban J connectivity index is 1.84. The Hall–Kier alpha value is -0.290. The number of nitrogens with one attached hydrogen (secondary N) is 1. The molecule has 2 nitrogen and oxygen atoms in total. The molecule has 1 saturated heterocycles. The van der Waals surface area contributed by atoms with E-state index >= 15 is 0 Å². The van der Waals surface area contributed by atoms with Crippen molar-refractivity contribution in [2.24, 2.45) is 5.92 Å². The Kier molecular flexibility index (Phi) is 3.78. The van der Waals surface area contributed by atoms with E-state index < -0.39 is 0 Å². The number of anilines is 1. The van der Waals surface area contributed by atoms with Gasteiger partial charge in [-0.15, -0.1) is 0 Å². The lowest BCUT2D eigenvalue weighted by Gasteiger charge is -2.47. The SMILES string of the molecule is CCC1CNC(C)(C2CC2)CN1c1ccc(I)cc1. The van der Waals surface area contributed by atoms with Gasteiger partial charge in [-0.1, -0.05) is 6.92 Å². The number of rotatable bonds is 3. The van der Waals surface area contributed by atoms with Crippen LogP contribution in [0, 0.1) is 9.49 Å². The molecule has 19 heavy (non-hydrogen) atoms. The first-order valence-electron chi connectivity index (χ1n) is 7.39. The molecule has 0 spiro atoms. The molecule has 0 aromatic heterocycles. The minimum atomic E-state index is 0.314. The van der Waals surface area contributed by atoms with Crippen molar-refractivity contribution in [1.82, 2.24) is 5.32 Å². The summed E-state index contributed by atoms with van der Waals surface area (Å²) in [5.74, 6) is 0.886. The molecule has 1 aromatic rings. The second-order valence-corrected chi connectivity index (χ2v) is 7.48. The van der Waals surface area contributed by atoms with Gasteiger partial charge in [0.25, 0.3) is 0 Å². The van der Waals surface area contributed by atoms with E-state index in [-0.39, 0.29) is 0 Å². The van der Waals surface area contributed by atoms with Crippen molar-refractivity contribution >= 4 is 28.3 Å². The molecule has 1 aliphatic carbocycles. The van der Waals surface area contributed by atoms with Crippen molar-refractivity contribution in [3.05, 3.63) is 27.8 Å². The van der Waals surface area contributed by atoms with Crippen LogP contribution >= 0.6 is 22.6 Å². The largest absolute Gasteiger partial charge is 0.365 e. The van der Waals surface area contributed by atoms with Crippen LogP contribution < -0.4 is 10.2 Å². The van der Waals surface area contributed by atoms with E-state index in [9.17, 15) is 0 Å². The summed E-state index contributed by atoms with van der Waals surface area (Å²) < 4.78 is 1.31. The highest BCUT2D eigenvalue weighted by molar-refractivity contribution is 14.1. The van der Waals surface area contributed by atoms with E-state index in [0.29, 0.717) is 11.6 Å². The van der Waals surface area contributed by atoms with Crippen LogP contribution in [0.2, 0.25) is 0 Å². The lowest BCUT2D eigenvalue weighted by molar-refractivity contribution is 0.252. The normalized spacial score (nSPS) is 31.5. The van der Waals surface area contributed by atoms with Crippen LogP contribution in [0.3, 0.4) is 0 Å². The van der Waals surface area contributed by atoms with Gasteiger partial charge >= 0.3 is 0 Å². The van der Waals surface area contributed by atoms with Crippen molar-refractivity contribution < 1.29 is 0 Å². The number of piperazine rings is 1. The summed E-state index contributed by atoms with van der Waals surface area (Å²) in [5, 5.41) is 3.83. The molecule has 0 bridgehead atoms. The van der Waals surface area contributed by atoms with Gasteiger partial charge in [0.05, 0.1) is 0 Å². The zero-order valence-corrected chi connectivity index (χ0v) is 14.0. The average Bonchev–Trinajstić information content (AvgIpc) is 3.24. The highest BCUT2D eigenvalue weighted by Gasteiger charge is 2.45. The molecule has 1 heterocycles. The lowest BCUT2D eigenvalue weighted by atomic mass is 9.90. The summed E-state index contributed by atoms with van der Waals surface area (Å²) in [6, 6.07) is 9.64. The van der Waals surface area contributed by atoms with Gasteiger partial charge < -0.3 is 10.2 Å². The molecular formula is C16H23IN2. The van der Waals surface area contributed by atoms with Crippen LogP contribution in [-0.4, -0.2) is 24.7 Å². The van der Waals surface area contributed by atoms with Gasteiger partial charge in [-0.25, -0.2) is 0 Å². The van der Waals surface area contributed by atoms with E-state index in [1.54, 1.807) is 0 Å². The second-order valence-electron chi connectivity index (χ2n) is 6.24. The number of benzene rings is 1. The van der Waals surface area contributed by atoms with Crippen molar-refractivity contribution in [2.45, 2.75) is 44.7 Å². The second kappa shape index (κ2) is 5.24. The summed E-state index contributed by atoms with van der Waals surface area (Å²) >= 11 is 2.38. The van der Waals surface area contributed by atoms with Gasteiger partial charge in [-0.05, 0) is 79.0 Å². The molecule has 2 unspecified atom stereocenters. The van der Waals surface area contributed by atoms with Crippen molar-refractivity contribution in [1.29, 1.82) is 0 Å². The Morgan fingerprint density at radius 1 is 1.32 bits per heavy atom. The zero-order chi connectivity index (χ0) is 13.5. The van der Waals surface area contributed by atoms with Crippen LogP contribution in [0.4, 0.5) is 5.69 Å². The van der Waals surface area contributed by atoms with Crippen LogP contribution in [0.25, 0.3) is 0 Å². The molecule has 3 heteroatoms. The third-order valence-corrected chi connectivity index (χ3v) is 5.51. The van der Waals surface area contributed by atoms with Crippen molar-refractivity contribution in [3.8, 4) is 0 Å². The maximum absolute atomic E-state index is 3.83. The van der Waals surface area contributed by atoms with E-state index in [1.807, 2.05) is 0 Å². The van der Waals surface area contributed by atoms with Crippen LogP contribution in [0.1, 0.15) is 33.1 Å². The Bertz CT molecular complexity index is 441.